The number of aryl methyl sites for hydroxylation is 1. The Morgan fingerprint density at radius 1 is 1.05 bits per heavy atom. The number of carbonyl (C=O) groups excluding carboxylic acids is 3. The number of hydrogen-bond donors (Lipinski definition) is 2. The number of amides is 2. The Labute approximate surface area is 247 Å². The van der Waals surface area contributed by atoms with Crippen LogP contribution in [0.25, 0.3) is 11.4 Å². The fourth-order valence-electron chi connectivity index (χ4n) is 4.36. The molecule has 4 aromatic rings. The van der Waals surface area contributed by atoms with Crippen molar-refractivity contribution in [1.29, 1.82) is 0 Å². The maximum atomic E-state index is 13.5. The molecule has 4 rings (SSSR count). The van der Waals surface area contributed by atoms with Crippen LogP contribution in [0.5, 0.6) is 0 Å². The molecule has 13 heteroatoms. The van der Waals surface area contributed by atoms with Crippen LogP contribution in [0.2, 0.25) is 0 Å². The van der Waals surface area contributed by atoms with E-state index < -0.39 is 41.3 Å². The largest absolute Gasteiger partial charge is 0.453 e. The highest BCUT2D eigenvalue weighted by Gasteiger charge is 2.35. The van der Waals surface area contributed by atoms with E-state index in [1.54, 1.807) is 63.4 Å². The molecule has 1 aromatic carbocycles. The smallest absolute Gasteiger partial charge is 0.411 e. The number of Topliss-reactive ketones (excluding diaryl/α,β-unsaturated/α-hetero) is 1. The number of nitrogens with one attached hydrogen (secondary N) is 2. The summed E-state index contributed by atoms with van der Waals surface area (Å²) in [5.74, 6) is -1.45. The van der Waals surface area contributed by atoms with E-state index in [9.17, 15) is 19.2 Å². The first-order valence-electron chi connectivity index (χ1n) is 13.5. The molecule has 2 amide bonds. The molecule has 0 saturated heterocycles. The van der Waals surface area contributed by atoms with Crippen molar-refractivity contribution in [1.82, 2.24) is 30.0 Å². The molecule has 43 heavy (non-hydrogen) atoms. The van der Waals surface area contributed by atoms with E-state index in [4.69, 9.17) is 4.42 Å². The third kappa shape index (κ3) is 6.66. The Bertz CT molecular complexity index is 1680. The van der Waals surface area contributed by atoms with Crippen LogP contribution in [0.1, 0.15) is 55.7 Å². The molecule has 0 spiro atoms. The topological polar surface area (TPSA) is 171 Å². The first-order valence-corrected chi connectivity index (χ1v) is 13.5. The van der Waals surface area contributed by atoms with Gasteiger partial charge < -0.3 is 14.5 Å². The van der Waals surface area contributed by atoms with Gasteiger partial charge in [-0.1, -0.05) is 50.2 Å². The van der Waals surface area contributed by atoms with Crippen molar-refractivity contribution in [3.63, 3.8) is 0 Å². The Morgan fingerprint density at radius 3 is 2.37 bits per heavy atom. The standard InChI is InChI=1S/C30H33N7O6/c1-17(2)22(24(39)26-35-36-28(43-26)30(4,5)20-14-10-11-15-31-20)33-21(38)16-37-25(19-12-8-7-9-13-19)32-18(3)23(27(37)40)34-29(41)42-6/h7-15,17,22H,16H2,1-6H3,(H,33,38)(H,34,41). The highest BCUT2D eigenvalue weighted by molar-refractivity contribution is 5.98. The van der Waals surface area contributed by atoms with Gasteiger partial charge in [0.1, 0.15) is 18.1 Å². The van der Waals surface area contributed by atoms with E-state index in [1.165, 1.54) is 0 Å². The number of ketones is 1. The molecule has 3 heterocycles. The van der Waals surface area contributed by atoms with E-state index in [0.717, 1.165) is 11.7 Å². The Kier molecular flexibility index (Phi) is 9.12. The monoisotopic (exact) mass is 587 g/mol. The number of carbonyl (C=O) groups is 3. The molecule has 1 unspecified atom stereocenters. The van der Waals surface area contributed by atoms with Crippen molar-refractivity contribution in [2.45, 2.75) is 52.6 Å². The maximum Gasteiger partial charge on any atom is 0.411 e. The van der Waals surface area contributed by atoms with Gasteiger partial charge in [0.25, 0.3) is 11.4 Å². The number of rotatable bonds is 10. The highest BCUT2D eigenvalue weighted by atomic mass is 16.5. The molecule has 1 atom stereocenters. The average Bonchev–Trinajstić information content (AvgIpc) is 3.51. The van der Waals surface area contributed by atoms with Crippen LogP contribution in [0.15, 0.2) is 63.9 Å². The molecule has 224 valence electrons. The van der Waals surface area contributed by atoms with Gasteiger partial charge >= 0.3 is 6.09 Å². The summed E-state index contributed by atoms with van der Waals surface area (Å²) in [6.07, 6.45) is 0.789. The molecule has 0 aliphatic carbocycles. The number of methoxy groups -OCH3 is 1. The van der Waals surface area contributed by atoms with Gasteiger partial charge in [0.15, 0.2) is 0 Å². The van der Waals surface area contributed by atoms with Crippen molar-refractivity contribution in [2.75, 3.05) is 12.4 Å². The number of benzene rings is 1. The summed E-state index contributed by atoms with van der Waals surface area (Å²) in [6.45, 7) is 8.27. The van der Waals surface area contributed by atoms with E-state index >= 15 is 0 Å². The van der Waals surface area contributed by atoms with Crippen LogP contribution >= 0.6 is 0 Å². The van der Waals surface area contributed by atoms with Crippen LogP contribution < -0.4 is 16.2 Å². The minimum Gasteiger partial charge on any atom is -0.453 e. The summed E-state index contributed by atoms with van der Waals surface area (Å²) >= 11 is 0. The lowest BCUT2D eigenvalue weighted by molar-refractivity contribution is -0.122. The predicted octanol–water partition coefficient (Wildman–Crippen LogP) is 3.52. The summed E-state index contributed by atoms with van der Waals surface area (Å²) in [5, 5.41) is 13.1. The number of anilines is 1. The quantitative estimate of drug-likeness (QED) is 0.262. The number of hydrogen-bond acceptors (Lipinski definition) is 10. The summed E-state index contributed by atoms with van der Waals surface area (Å²) in [5.41, 5.74) is -0.0825. The minimum absolute atomic E-state index is 0.135. The molecular formula is C30H33N7O6. The second-order valence-corrected chi connectivity index (χ2v) is 10.7. The number of ether oxygens (including phenoxy) is 1. The van der Waals surface area contributed by atoms with Crippen molar-refractivity contribution < 1.29 is 23.5 Å². The second kappa shape index (κ2) is 12.8. The molecule has 0 saturated carbocycles. The van der Waals surface area contributed by atoms with E-state index in [2.05, 4.69) is 35.5 Å². The third-order valence-corrected chi connectivity index (χ3v) is 6.84. The van der Waals surface area contributed by atoms with Crippen LogP contribution in [-0.4, -0.2) is 55.7 Å². The summed E-state index contributed by atoms with van der Waals surface area (Å²) in [6, 6.07) is 13.2. The molecule has 0 fully saturated rings. The average molecular weight is 588 g/mol. The van der Waals surface area contributed by atoms with Gasteiger partial charge in [-0.25, -0.2) is 9.78 Å². The van der Waals surface area contributed by atoms with Gasteiger partial charge in [-0.15, -0.1) is 10.2 Å². The predicted molar refractivity (Wildman–Crippen MR) is 156 cm³/mol. The van der Waals surface area contributed by atoms with Gasteiger partial charge in [-0.3, -0.25) is 29.3 Å². The lowest BCUT2D eigenvalue weighted by atomic mass is 9.89. The maximum absolute atomic E-state index is 13.5. The van der Waals surface area contributed by atoms with Crippen molar-refractivity contribution in [2.24, 2.45) is 5.92 Å². The SMILES string of the molecule is COC(=O)Nc1c(C)nc(-c2ccccc2)n(CC(=O)NC(C(=O)c2nnc(C(C)(C)c3ccccn3)o2)C(C)C)c1=O. The minimum atomic E-state index is -1.04. The first-order chi connectivity index (χ1) is 20.4. The van der Waals surface area contributed by atoms with Crippen LogP contribution in [-0.2, 0) is 21.5 Å². The van der Waals surface area contributed by atoms with E-state index in [0.29, 0.717) is 11.3 Å². The number of nitrogens with zero attached hydrogens (tertiary/aromatic N) is 5. The van der Waals surface area contributed by atoms with Gasteiger partial charge in [0.2, 0.25) is 17.6 Å². The van der Waals surface area contributed by atoms with E-state index in [-0.39, 0.29) is 34.9 Å². The van der Waals surface area contributed by atoms with Crippen LogP contribution in [0.3, 0.4) is 0 Å². The van der Waals surface area contributed by atoms with Crippen molar-refractivity contribution in [3.05, 3.63) is 88.3 Å². The molecule has 3 aromatic heterocycles. The number of aromatic nitrogens is 5. The Hall–Kier alpha value is -5.20. The molecule has 0 aliphatic heterocycles. The third-order valence-electron chi connectivity index (χ3n) is 6.84. The second-order valence-electron chi connectivity index (χ2n) is 10.7. The van der Waals surface area contributed by atoms with Gasteiger partial charge in [0, 0.05) is 11.8 Å². The zero-order valence-electron chi connectivity index (χ0n) is 24.7. The summed E-state index contributed by atoms with van der Waals surface area (Å²) in [7, 11) is 1.16. The molecule has 13 nitrogen and oxygen atoms in total. The molecule has 2 N–H and O–H groups in total. The Morgan fingerprint density at radius 2 is 1.74 bits per heavy atom. The highest BCUT2D eigenvalue weighted by Crippen LogP contribution is 2.29. The molecule has 0 radical (unpaired) electrons. The van der Waals surface area contributed by atoms with Crippen LogP contribution in [0.4, 0.5) is 10.5 Å². The molecule has 0 bridgehead atoms. The fraction of sp³-hybridized carbons (Fsp3) is 0.333. The number of pyridine rings is 1. The lowest BCUT2D eigenvalue weighted by Crippen LogP contribution is -2.47. The zero-order valence-corrected chi connectivity index (χ0v) is 24.7. The molecular weight excluding hydrogens is 554 g/mol. The fourth-order valence-corrected chi connectivity index (χ4v) is 4.36. The summed E-state index contributed by atoms with van der Waals surface area (Å²) < 4.78 is 11.5. The van der Waals surface area contributed by atoms with Gasteiger partial charge in [-0.05, 0) is 38.8 Å². The van der Waals surface area contributed by atoms with E-state index in [1.807, 2.05) is 26.0 Å². The lowest BCUT2D eigenvalue weighted by Gasteiger charge is -2.21. The van der Waals surface area contributed by atoms with Crippen molar-refractivity contribution in [3.8, 4) is 11.4 Å². The van der Waals surface area contributed by atoms with Gasteiger partial charge in [-0.2, -0.15) is 0 Å². The Balaban J connectivity index is 1.62. The summed E-state index contributed by atoms with van der Waals surface area (Å²) in [4.78, 5) is 61.2. The molecule has 0 aliphatic rings. The van der Waals surface area contributed by atoms with Crippen molar-refractivity contribution >= 4 is 23.5 Å². The van der Waals surface area contributed by atoms with Crippen LogP contribution in [0, 0.1) is 12.8 Å². The van der Waals surface area contributed by atoms with Gasteiger partial charge in [0.05, 0.1) is 30.0 Å². The first kappa shape index (κ1) is 30.8. The zero-order chi connectivity index (χ0) is 31.3. The normalized spacial score (nSPS) is 12.1.